The average molecular weight is 354 g/mol. The molecule has 0 bridgehead atoms. The lowest BCUT2D eigenvalue weighted by Gasteiger charge is -2.29. The van der Waals surface area contributed by atoms with Crippen molar-refractivity contribution in [3.63, 3.8) is 0 Å². The van der Waals surface area contributed by atoms with Gasteiger partial charge in [0.1, 0.15) is 0 Å². The standard InChI is InChI=1S/C14H24N2.C9H11N/c1-13-8-4-3-5-11-16(13)12-14(2)15-9-6-7-10-15;1-7-5-3-4-6-9(7)8(2)10/h1-12H2;3-6H,2,10H2,1H3. The van der Waals surface area contributed by atoms with Crippen LogP contribution in [0.1, 0.15) is 49.7 Å². The molecule has 2 heterocycles. The maximum atomic E-state index is 5.52. The van der Waals surface area contributed by atoms with Crippen molar-refractivity contribution in [2.45, 2.75) is 45.4 Å². The minimum absolute atomic E-state index is 0.637. The minimum atomic E-state index is 0.637. The summed E-state index contributed by atoms with van der Waals surface area (Å²) in [6, 6.07) is 7.94. The van der Waals surface area contributed by atoms with Crippen LogP contribution in [-0.4, -0.2) is 36.0 Å². The molecule has 1 aromatic carbocycles. The molecule has 3 nitrogen and oxygen atoms in total. The van der Waals surface area contributed by atoms with E-state index in [4.69, 9.17) is 5.73 Å². The van der Waals surface area contributed by atoms with Gasteiger partial charge in [0.15, 0.2) is 0 Å². The molecular weight excluding hydrogens is 318 g/mol. The predicted molar refractivity (Wildman–Crippen MR) is 114 cm³/mol. The summed E-state index contributed by atoms with van der Waals surface area (Å²) in [5.74, 6) is 0. The molecular formula is C23H35N3. The zero-order chi connectivity index (χ0) is 18.9. The minimum Gasteiger partial charge on any atom is -0.399 e. The van der Waals surface area contributed by atoms with Crippen molar-refractivity contribution in [2.75, 3.05) is 26.2 Å². The van der Waals surface area contributed by atoms with Crippen molar-refractivity contribution in [2.24, 2.45) is 5.73 Å². The Morgan fingerprint density at radius 1 is 1.00 bits per heavy atom. The fraction of sp³-hybridized carbons (Fsp3) is 0.478. The molecule has 2 aliphatic heterocycles. The van der Waals surface area contributed by atoms with E-state index < -0.39 is 0 Å². The lowest BCUT2D eigenvalue weighted by atomic mass is 10.1. The van der Waals surface area contributed by atoms with Crippen LogP contribution in [0.5, 0.6) is 0 Å². The van der Waals surface area contributed by atoms with Crippen molar-refractivity contribution >= 4 is 5.70 Å². The third-order valence-corrected chi connectivity index (χ3v) is 5.26. The third-order valence-electron chi connectivity index (χ3n) is 5.26. The summed E-state index contributed by atoms with van der Waals surface area (Å²) in [6.07, 6.45) is 7.82. The summed E-state index contributed by atoms with van der Waals surface area (Å²) in [7, 11) is 0. The van der Waals surface area contributed by atoms with E-state index in [9.17, 15) is 0 Å². The Kier molecular flexibility index (Phi) is 7.83. The van der Waals surface area contributed by atoms with Gasteiger partial charge < -0.3 is 15.5 Å². The zero-order valence-corrected chi connectivity index (χ0v) is 16.5. The molecule has 0 aromatic heterocycles. The molecule has 2 fully saturated rings. The number of aryl methyl sites for hydroxylation is 1. The first-order valence-corrected chi connectivity index (χ1v) is 9.85. The highest BCUT2D eigenvalue weighted by Gasteiger charge is 2.17. The van der Waals surface area contributed by atoms with Crippen molar-refractivity contribution in [3.8, 4) is 0 Å². The van der Waals surface area contributed by atoms with Gasteiger partial charge in [0.05, 0.1) is 6.54 Å². The number of hydrogen-bond acceptors (Lipinski definition) is 3. The molecule has 2 N–H and O–H groups in total. The number of nitrogens with zero attached hydrogens (tertiary/aromatic N) is 2. The maximum Gasteiger partial charge on any atom is 0.0569 e. The molecule has 142 valence electrons. The number of allylic oxidation sites excluding steroid dienone is 1. The number of rotatable bonds is 4. The molecule has 3 rings (SSSR count). The monoisotopic (exact) mass is 353 g/mol. The smallest absolute Gasteiger partial charge is 0.0569 e. The van der Waals surface area contributed by atoms with Gasteiger partial charge in [-0.3, -0.25) is 0 Å². The van der Waals surface area contributed by atoms with Crippen LogP contribution < -0.4 is 5.73 Å². The van der Waals surface area contributed by atoms with Gasteiger partial charge in [-0.2, -0.15) is 0 Å². The molecule has 1 aromatic rings. The SMILES string of the molecule is C=C(CN1CCCCCC1=C)N1CCCC1.C=C(N)c1ccccc1C. The first-order valence-electron chi connectivity index (χ1n) is 9.85. The first-order chi connectivity index (χ1) is 12.5. The van der Waals surface area contributed by atoms with Gasteiger partial charge in [0, 0.05) is 36.7 Å². The van der Waals surface area contributed by atoms with Crippen LogP contribution in [0.3, 0.4) is 0 Å². The normalized spacial score (nSPS) is 17.3. The van der Waals surface area contributed by atoms with Crippen LogP contribution in [0, 0.1) is 6.92 Å². The molecule has 0 spiro atoms. The molecule has 0 unspecified atom stereocenters. The zero-order valence-electron chi connectivity index (χ0n) is 16.5. The molecule has 2 aliphatic rings. The van der Waals surface area contributed by atoms with Crippen molar-refractivity contribution in [3.05, 3.63) is 66.5 Å². The van der Waals surface area contributed by atoms with Crippen LogP contribution in [-0.2, 0) is 0 Å². The highest BCUT2D eigenvalue weighted by atomic mass is 15.2. The molecule has 0 saturated carbocycles. The lowest BCUT2D eigenvalue weighted by Crippen LogP contribution is -2.31. The summed E-state index contributed by atoms with van der Waals surface area (Å²) in [5.41, 5.74) is 11.0. The van der Waals surface area contributed by atoms with E-state index in [2.05, 4.69) is 29.5 Å². The van der Waals surface area contributed by atoms with E-state index in [1.165, 1.54) is 75.1 Å². The van der Waals surface area contributed by atoms with Gasteiger partial charge in [-0.15, -0.1) is 0 Å². The Morgan fingerprint density at radius 3 is 2.27 bits per heavy atom. The van der Waals surface area contributed by atoms with Gasteiger partial charge in [-0.05, 0) is 50.2 Å². The van der Waals surface area contributed by atoms with Gasteiger partial charge in [-0.1, -0.05) is 50.4 Å². The Balaban J connectivity index is 0.000000209. The van der Waals surface area contributed by atoms with Crippen molar-refractivity contribution < 1.29 is 0 Å². The first kappa shape index (κ1) is 20.2. The highest BCUT2D eigenvalue weighted by Crippen LogP contribution is 2.21. The van der Waals surface area contributed by atoms with Crippen LogP contribution >= 0.6 is 0 Å². The topological polar surface area (TPSA) is 32.5 Å². The summed E-state index contributed by atoms with van der Waals surface area (Å²) >= 11 is 0. The summed E-state index contributed by atoms with van der Waals surface area (Å²) in [5, 5.41) is 0. The molecule has 0 radical (unpaired) electrons. The van der Waals surface area contributed by atoms with E-state index in [0.717, 1.165) is 12.1 Å². The number of nitrogens with two attached hydrogens (primary N) is 1. The Bertz CT molecular complexity index is 626. The van der Waals surface area contributed by atoms with Gasteiger partial charge in [0.2, 0.25) is 0 Å². The second kappa shape index (κ2) is 10.1. The van der Waals surface area contributed by atoms with E-state index in [1.54, 1.807) is 0 Å². The molecule has 0 amide bonds. The van der Waals surface area contributed by atoms with Crippen LogP contribution in [0.25, 0.3) is 5.70 Å². The summed E-state index contributed by atoms with van der Waals surface area (Å²) in [4.78, 5) is 4.88. The second-order valence-electron chi connectivity index (χ2n) is 7.40. The summed E-state index contributed by atoms with van der Waals surface area (Å²) < 4.78 is 0. The Labute approximate surface area is 159 Å². The molecule has 0 atom stereocenters. The Hall–Kier alpha value is -2.16. The maximum absolute atomic E-state index is 5.52. The molecule has 0 aliphatic carbocycles. The predicted octanol–water partition coefficient (Wildman–Crippen LogP) is 4.91. The van der Waals surface area contributed by atoms with Gasteiger partial charge in [0.25, 0.3) is 0 Å². The van der Waals surface area contributed by atoms with Crippen LogP contribution in [0.15, 0.2) is 55.4 Å². The van der Waals surface area contributed by atoms with Crippen LogP contribution in [0.4, 0.5) is 0 Å². The van der Waals surface area contributed by atoms with Crippen molar-refractivity contribution in [1.82, 2.24) is 9.80 Å². The quantitative estimate of drug-likeness (QED) is 0.835. The second-order valence-corrected chi connectivity index (χ2v) is 7.40. The van der Waals surface area contributed by atoms with E-state index in [-0.39, 0.29) is 0 Å². The number of benzene rings is 1. The van der Waals surface area contributed by atoms with Crippen LogP contribution in [0.2, 0.25) is 0 Å². The third kappa shape index (κ3) is 5.98. The van der Waals surface area contributed by atoms with Crippen molar-refractivity contribution in [1.29, 1.82) is 0 Å². The summed E-state index contributed by atoms with van der Waals surface area (Å²) in [6.45, 7) is 18.7. The number of likely N-dealkylation sites (tertiary alicyclic amines) is 2. The van der Waals surface area contributed by atoms with Gasteiger partial charge in [-0.25, -0.2) is 0 Å². The highest BCUT2D eigenvalue weighted by molar-refractivity contribution is 5.62. The van der Waals surface area contributed by atoms with Gasteiger partial charge >= 0.3 is 0 Å². The average Bonchev–Trinajstić information content (AvgIpc) is 3.08. The largest absolute Gasteiger partial charge is 0.399 e. The molecule has 3 heteroatoms. The van der Waals surface area contributed by atoms with E-state index >= 15 is 0 Å². The Morgan fingerprint density at radius 2 is 1.65 bits per heavy atom. The molecule has 2 saturated heterocycles. The molecule has 26 heavy (non-hydrogen) atoms. The lowest BCUT2D eigenvalue weighted by molar-refractivity contribution is 0.317. The number of hydrogen-bond donors (Lipinski definition) is 1. The fourth-order valence-corrected chi connectivity index (χ4v) is 3.60. The fourth-order valence-electron chi connectivity index (χ4n) is 3.60. The van der Waals surface area contributed by atoms with E-state index in [1.807, 2.05) is 31.2 Å². The van der Waals surface area contributed by atoms with E-state index in [0.29, 0.717) is 5.70 Å².